The predicted molar refractivity (Wildman–Crippen MR) is 155 cm³/mol. The summed E-state index contributed by atoms with van der Waals surface area (Å²) in [7, 11) is -4.05. The van der Waals surface area contributed by atoms with Crippen LogP contribution in [0.3, 0.4) is 0 Å². The summed E-state index contributed by atoms with van der Waals surface area (Å²) in [5.74, 6) is -0.788. The lowest BCUT2D eigenvalue weighted by Crippen LogP contribution is -2.68. The first kappa shape index (κ1) is 31.7. The highest BCUT2D eigenvalue weighted by atomic mass is 35.5. The Morgan fingerprint density at radius 1 is 1.05 bits per heavy atom. The van der Waals surface area contributed by atoms with Crippen LogP contribution < -0.4 is 10.5 Å². The number of hydrogen-bond acceptors (Lipinski definition) is 5. The van der Waals surface area contributed by atoms with Gasteiger partial charge in [-0.2, -0.15) is 4.72 Å². The molecular weight excluding hydrogens is 545 g/mol. The van der Waals surface area contributed by atoms with Crippen molar-refractivity contribution in [2.24, 2.45) is 5.73 Å². The molecule has 38 heavy (non-hydrogen) atoms. The minimum atomic E-state index is -4.05. The quantitative estimate of drug-likeness (QED) is 0.371. The summed E-state index contributed by atoms with van der Waals surface area (Å²) in [6, 6.07) is 17.6. The molecule has 3 aromatic carbocycles. The third-order valence-electron chi connectivity index (χ3n) is 5.82. The Labute approximate surface area is 235 Å². The molecule has 1 fully saturated rings. The molecule has 1 atom stereocenters. The van der Waals surface area contributed by atoms with E-state index in [1.165, 1.54) is 29.5 Å². The van der Waals surface area contributed by atoms with Crippen molar-refractivity contribution in [1.82, 2.24) is 9.62 Å². The fourth-order valence-electron chi connectivity index (χ4n) is 4.00. The summed E-state index contributed by atoms with van der Waals surface area (Å²) in [4.78, 5) is 25.3. The maximum Gasteiger partial charge on any atom is 0.258 e. The highest BCUT2D eigenvalue weighted by molar-refractivity contribution is 7.89. The number of fused-ring (bicyclic) bond motifs is 1. The molecule has 7 nitrogen and oxygen atoms in total. The van der Waals surface area contributed by atoms with Gasteiger partial charge in [-0.25, -0.2) is 8.42 Å². The van der Waals surface area contributed by atoms with Gasteiger partial charge in [0, 0.05) is 16.6 Å². The van der Waals surface area contributed by atoms with E-state index < -0.39 is 21.6 Å². The van der Waals surface area contributed by atoms with Gasteiger partial charge < -0.3 is 10.6 Å². The number of likely N-dealkylation sites (tertiary alicyclic amines) is 1. The standard InChI is InChI=1S/C18H20ClN3O4S.C8H9Cl.C2H6/c1-12(23)11-22-8-2-7-18(20,17(22)24)21-27(25,26)16-6-4-13-9-15(19)5-3-14(13)10-16;1-2-7-5-3-4-6-8(7)9;1-2/h3-6,9-10,21H,2,7-8,11,20H2,1H3;3-6H,2H2,1H3;1-2H3/t18-;;/m0../s1. The number of amides is 1. The fraction of sp³-hybridized carbons (Fsp3) is 0.357. The van der Waals surface area contributed by atoms with Crippen molar-refractivity contribution in [3.05, 3.63) is 76.3 Å². The zero-order chi connectivity index (χ0) is 28.5. The Morgan fingerprint density at radius 3 is 2.29 bits per heavy atom. The molecule has 0 radical (unpaired) electrons. The van der Waals surface area contributed by atoms with Crippen molar-refractivity contribution in [3.8, 4) is 0 Å². The Bertz CT molecular complexity index is 1380. The minimum Gasteiger partial charge on any atom is -0.333 e. The van der Waals surface area contributed by atoms with Gasteiger partial charge in [0.25, 0.3) is 5.91 Å². The average Bonchev–Trinajstić information content (AvgIpc) is 2.88. The van der Waals surface area contributed by atoms with Crippen LogP contribution in [0.25, 0.3) is 10.8 Å². The number of halogens is 2. The zero-order valence-corrected chi connectivity index (χ0v) is 24.5. The summed E-state index contributed by atoms with van der Waals surface area (Å²) in [6.45, 7) is 7.75. The maximum absolute atomic E-state index is 12.8. The molecule has 0 bridgehead atoms. The van der Waals surface area contributed by atoms with E-state index in [1.54, 1.807) is 24.3 Å². The summed E-state index contributed by atoms with van der Waals surface area (Å²) in [5, 5.41) is 2.92. The van der Waals surface area contributed by atoms with Crippen molar-refractivity contribution in [2.45, 2.75) is 57.5 Å². The number of nitrogens with two attached hydrogens (primary N) is 1. The summed E-state index contributed by atoms with van der Waals surface area (Å²) in [5.41, 5.74) is 5.56. The SMILES string of the molecule is CC.CC(=O)CN1CCC[C@](N)(NS(=O)(=O)c2ccc3cc(Cl)ccc3c2)C1=O.CCc1ccccc1Cl. The van der Waals surface area contributed by atoms with E-state index in [9.17, 15) is 18.0 Å². The van der Waals surface area contributed by atoms with Crippen LogP contribution in [0.4, 0.5) is 0 Å². The number of rotatable bonds is 6. The van der Waals surface area contributed by atoms with E-state index in [0.717, 1.165) is 16.8 Å². The molecule has 1 heterocycles. The number of benzene rings is 3. The van der Waals surface area contributed by atoms with Gasteiger partial charge in [-0.15, -0.1) is 0 Å². The summed E-state index contributed by atoms with van der Waals surface area (Å²) in [6.07, 6.45) is 1.66. The third-order valence-corrected chi connectivity index (χ3v) is 7.93. The smallest absolute Gasteiger partial charge is 0.258 e. The monoisotopic (exact) mass is 579 g/mol. The Hall–Kier alpha value is -2.49. The van der Waals surface area contributed by atoms with E-state index in [4.69, 9.17) is 28.9 Å². The second-order valence-electron chi connectivity index (χ2n) is 8.71. The zero-order valence-electron chi connectivity index (χ0n) is 22.1. The second-order valence-corrected chi connectivity index (χ2v) is 11.2. The lowest BCUT2D eigenvalue weighted by molar-refractivity contribution is -0.143. The molecule has 0 aromatic heterocycles. The number of nitrogens with zero attached hydrogens (tertiary/aromatic N) is 1. The number of piperidine rings is 1. The highest BCUT2D eigenvalue weighted by Crippen LogP contribution is 2.25. The van der Waals surface area contributed by atoms with Gasteiger partial charge in [0.1, 0.15) is 5.78 Å². The van der Waals surface area contributed by atoms with Crippen molar-refractivity contribution in [1.29, 1.82) is 0 Å². The molecule has 0 unspecified atom stereocenters. The van der Waals surface area contributed by atoms with Crippen LogP contribution in [-0.4, -0.2) is 43.8 Å². The summed E-state index contributed by atoms with van der Waals surface area (Å²) < 4.78 is 28.0. The van der Waals surface area contributed by atoms with Gasteiger partial charge >= 0.3 is 0 Å². The number of sulfonamides is 1. The maximum atomic E-state index is 12.8. The Morgan fingerprint density at radius 2 is 1.68 bits per heavy atom. The number of ketones is 1. The molecule has 1 saturated heterocycles. The Balaban J connectivity index is 0.000000387. The van der Waals surface area contributed by atoms with Gasteiger partial charge in [0.2, 0.25) is 10.0 Å². The number of hydrogen-bond donors (Lipinski definition) is 2. The van der Waals surface area contributed by atoms with E-state index >= 15 is 0 Å². The molecule has 0 spiro atoms. The topological polar surface area (TPSA) is 110 Å². The normalized spacial score (nSPS) is 17.2. The molecule has 0 saturated carbocycles. The predicted octanol–water partition coefficient (Wildman–Crippen LogP) is 5.57. The molecular formula is C28H35Cl2N3O4S. The van der Waals surface area contributed by atoms with Crippen LogP contribution in [0, 0.1) is 0 Å². The fourth-order valence-corrected chi connectivity index (χ4v) is 5.77. The van der Waals surface area contributed by atoms with Gasteiger partial charge in [-0.1, -0.05) is 74.3 Å². The van der Waals surface area contributed by atoms with Crippen molar-refractivity contribution >= 4 is 55.7 Å². The van der Waals surface area contributed by atoms with Gasteiger partial charge in [0.15, 0.2) is 5.66 Å². The first-order chi connectivity index (χ1) is 17.9. The van der Waals surface area contributed by atoms with Crippen LogP contribution in [0.15, 0.2) is 65.6 Å². The molecule has 1 aliphatic heterocycles. The van der Waals surface area contributed by atoms with Crippen LogP contribution in [0.2, 0.25) is 10.0 Å². The van der Waals surface area contributed by atoms with Gasteiger partial charge in [0.05, 0.1) is 11.4 Å². The molecule has 10 heteroatoms. The number of carbonyl (C=O) groups excluding carboxylic acids is 2. The third kappa shape index (κ3) is 8.25. The van der Waals surface area contributed by atoms with Crippen LogP contribution >= 0.6 is 23.2 Å². The average molecular weight is 581 g/mol. The van der Waals surface area contributed by atoms with Crippen LogP contribution in [-0.2, 0) is 26.0 Å². The molecule has 1 aliphatic rings. The van der Waals surface area contributed by atoms with E-state index in [1.807, 2.05) is 38.1 Å². The lowest BCUT2D eigenvalue weighted by atomic mass is 9.99. The number of carbonyl (C=O) groups is 2. The minimum absolute atomic E-state index is 0.00126. The molecule has 4 rings (SSSR count). The summed E-state index contributed by atoms with van der Waals surface area (Å²) >= 11 is 11.8. The second kappa shape index (κ2) is 14.1. The molecule has 3 N–H and O–H groups in total. The largest absolute Gasteiger partial charge is 0.333 e. The molecule has 0 aliphatic carbocycles. The van der Waals surface area contributed by atoms with Gasteiger partial charge in [-0.3, -0.25) is 9.59 Å². The van der Waals surface area contributed by atoms with Crippen molar-refractivity contribution in [2.75, 3.05) is 13.1 Å². The number of nitrogens with one attached hydrogen (secondary N) is 1. The van der Waals surface area contributed by atoms with E-state index in [0.29, 0.717) is 23.4 Å². The van der Waals surface area contributed by atoms with Crippen LogP contribution in [0.1, 0.15) is 46.1 Å². The van der Waals surface area contributed by atoms with Crippen LogP contribution in [0.5, 0.6) is 0 Å². The number of Topliss-reactive ketones (excluding diaryl/α,β-unsaturated/α-hetero) is 1. The lowest BCUT2D eigenvalue weighted by Gasteiger charge is -2.38. The first-order valence-corrected chi connectivity index (χ1v) is 14.7. The van der Waals surface area contributed by atoms with E-state index in [-0.39, 0.29) is 23.6 Å². The molecule has 206 valence electrons. The van der Waals surface area contributed by atoms with Crippen molar-refractivity contribution < 1.29 is 18.0 Å². The van der Waals surface area contributed by atoms with Gasteiger partial charge in [-0.05, 0) is 72.9 Å². The van der Waals surface area contributed by atoms with Crippen molar-refractivity contribution in [3.63, 3.8) is 0 Å². The highest BCUT2D eigenvalue weighted by Gasteiger charge is 2.44. The molecule has 1 amide bonds. The first-order valence-electron chi connectivity index (χ1n) is 12.5. The molecule has 3 aromatic rings. The van der Waals surface area contributed by atoms with E-state index in [2.05, 4.69) is 11.6 Å². The Kier molecular flexibility index (Phi) is 11.7. The number of aryl methyl sites for hydroxylation is 1.